The van der Waals surface area contributed by atoms with Gasteiger partial charge in [0.2, 0.25) is 0 Å². The maximum atomic E-state index is 8.84. The minimum atomic E-state index is -0.549. The summed E-state index contributed by atoms with van der Waals surface area (Å²) in [6.45, 7) is 3.81. The van der Waals surface area contributed by atoms with Gasteiger partial charge in [0.1, 0.15) is 0 Å². The van der Waals surface area contributed by atoms with Crippen molar-refractivity contribution in [2.45, 2.75) is 25.4 Å². The van der Waals surface area contributed by atoms with Crippen molar-refractivity contribution in [2.75, 3.05) is 19.8 Å². The summed E-state index contributed by atoms with van der Waals surface area (Å²) in [4.78, 5) is 0. The summed E-state index contributed by atoms with van der Waals surface area (Å²) in [5, 5.41) is 8.84. The average molecular weight is 155 g/mol. The highest BCUT2D eigenvalue weighted by molar-refractivity contribution is 5.02. The Morgan fingerprint density at radius 1 is 1.55 bits per heavy atom. The topological polar surface area (TPSA) is 42.2 Å². The van der Waals surface area contributed by atoms with E-state index in [-0.39, 0.29) is 0 Å². The van der Waals surface area contributed by atoms with Gasteiger partial charge in [0.15, 0.2) is 5.60 Å². The van der Waals surface area contributed by atoms with Crippen LogP contribution >= 0.6 is 0 Å². The van der Waals surface area contributed by atoms with Crippen molar-refractivity contribution >= 4 is 0 Å². The van der Waals surface area contributed by atoms with Crippen molar-refractivity contribution in [3.05, 3.63) is 0 Å². The van der Waals surface area contributed by atoms with E-state index in [1.807, 2.05) is 6.92 Å². The van der Waals surface area contributed by atoms with Crippen molar-refractivity contribution in [1.82, 2.24) is 0 Å². The van der Waals surface area contributed by atoms with E-state index in [1.165, 1.54) is 0 Å². The SMILES string of the molecule is CCOC1(C#N)CCOCC1. The zero-order valence-corrected chi connectivity index (χ0v) is 6.80. The van der Waals surface area contributed by atoms with E-state index in [1.54, 1.807) is 0 Å². The molecule has 0 radical (unpaired) electrons. The van der Waals surface area contributed by atoms with Crippen molar-refractivity contribution in [1.29, 1.82) is 5.26 Å². The van der Waals surface area contributed by atoms with E-state index in [9.17, 15) is 0 Å². The molecule has 1 fully saturated rings. The summed E-state index contributed by atoms with van der Waals surface area (Å²) in [6.07, 6.45) is 1.41. The lowest BCUT2D eigenvalue weighted by molar-refractivity contribution is -0.0715. The Morgan fingerprint density at radius 2 is 2.18 bits per heavy atom. The van der Waals surface area contributed by atoms with E-state index in [4.69, 9.17) is 14.7 Å². The van der Waals surface area contributed by atoms with Crippen LogP contribution in [0, 0.1) is 11.3 Å². The third kappa shape index (κ3) is 1.92. The van der Waals surface area contributed by atoms with Crippen LogP contribution in [0.15, 0.2) is 0 Å². The normalized spacial score (nSPS) is 22.5. The molecule has 0 atom stereocenters. The average Bonchev–Trinajstić information content (AvgIpc) is 2.07. The lowest BCUT2D eigenvalue weighted by atomic mass is 9.96. The Kier molecular flexibility index (Phi) is 2.86. The second-order valence-electron chi connectivity index (χ2n) is 2.65. The third-order valence-electron chi connectivity index (χ3n) is 1.92. The van der Waals surface area contributed by atoms with Crippen molar-refractivity contribution < 1.29 is 9.47 Å². The molecule has 0 bridgehead atoms. The summed E-state index contributed by atoms with van der Waals surface area (Å²) < 4.78 is 10.5. The molecule has 1 rings (SSSR count). The van der Waals surface area contributed by atoms with Crippen LogP contribution in [0.2, 0.25) is 0 Å². The predicted octanol–water partition coefficient (Wildman–Crippen LogP) is 1.10. The largest absolute Gasteiger partial charge is 0.381 e. The molecule has 0 spiro atoms. The van der Waals surface area contributed by atoms with Gasteiger partial charge >= 0.3 is 0 Å². The molecule has 3 nitrogen and oxygen atoms in total. The monoisotopic (exact) mass is 155 g/mol. The van der Waals surface area contributed by atoms with E-state index in [2.05, 4.69) is 6.07 Å². The highest BCUT2D eigenvalue weighted by Gasteiger charge is 2.32. The summed E-state index contributed by atoms with van der Waals surface area (Å²) in [7, 11) is 0. The molecule has 0 saturated carbocycles. The smallest absolute Gasteiger partial charge is 0.158 e. The molecule has 0 aromatic carbocycles. The maximum Gasteiger partial charge on any atom is 0.158 e. The van der Waals surface area contributed by atoms with Gasteiger partial charge in [-0.15, -0.1) is 0 Å². The molecule has 1 saturated heterocycles. The Hall–Kier alpha value is -0.590. The van der Waals surface area contributed by atoms with Crippen LogP contribution in [0.3, 0.4) is 0 Å². The fraction of sp³-hybridized carbons (Fsp3) is 0.875. The van der Waals surface area contributed by atoms with Gasteiger partial charge in [-0.2, -0.15) is 5.26 Å². The lowest BCUT2D eigenvalue weighted by Gasteiger charge is -2.29. The second-order valence-corrected chi connectivity index (χ2v) is 2.65. The van der Waals surface area contributed by atoms with Gasteiger partial charge in [0, 0.05) is 19.4 Å². The van der Waals surface area contributed by atoms with Crippen LogP contribution in [0.5, 0.6) is 0 Å². The first-order valence-corrected chi connectivity index (χ1v) is 3.96. The van der Waals surface area contributed by atoms with E-state index < -0.39 is 5.60 Å². The summed E-state index contributed by atoms with van der Waals surface area (Å²) in [6, 6.07) is 2.22. The molecule has 11 heavy (non-hydrogen) atoms. The van der Waals surface area contributed by atoms with E-state index in [0.29, 0.717) is 32.7 Å². The van der Waals surface area contributed by atoms with Crippen molar-refractivity contribution in [2.24, 2.45) is 0 Å². The molecular weight excluding hydrogens is 142 g/mol. The van der Waals surface area contributed by atoms with Crippen LogP contribution in [0.25, 0.3) is 0 Å². The molecule has 0 amide bonds. The summed E-state index contributed by atoms with van der Waals surface area (Å²) in [5.41, 5.74) is -0.549. The Bertz CT molecular complexity index is 150. The minimum absolute atomic E-state index is 0.549. The Labute approximate surface area is 66.9 Å². The quantitative estimate of drug-likeness (QED) is 0.599. The highest BCUT2D eigenvalue weighted by Crippen LogP contribution is 2.23. The molecular formula is C8H13NO2. The first-order valence-electron chi connectivity index (χ1n) is 3.96. The van der Waals surface area contributed by atoms with Crippen LogP contribution in [-0.2, 0) is 9.47 Å². The molecule has 62 valence electrons. The van der Waals surface area contributed by atoms with Gasteiger partial charge in [-0.05, 0) is 6.92 Å². The fourth-order valence-corrected chi connectivity index (χ4v) is 1.27. The Balaban J connectivity index is 2.51. The number of hydrogen-bond acceptors (Lipinski definition) is 3. The van der Waals surface area contributed by atoms with Gasteiger partial charge in [-0.1, -0.05) is 0 Å². The zero-order chi connectivity index (χ0) is 8.16. The number of nitrogens with zero attached hydrogens (tertiary/aromatic N) is 1. The highest BCUT2D eigenvalue weighted by atomic mass is 16.5. The fourth-order valence-electron chi connectivity index (χ4n) is 1.27. The maximum absolute atomic E-state index is 8.84. The second kappa shape index (κ2) is 3.70. The minimum Gasteiger partial charge on any atom is -0.381 e. The summed E-state index contributed by atoms with van der Waals surface area (Å²) in [5.74, 6) is 0. The van der Waals surface area contributed by atoms with Gasteiger partial charge < -0.3 is 9.47 Å². The van der Waals surface area contributed by atoms with Crippen LogP contribution < -0.4 is 0 Å². The molecule has 0 N–H and O–H groups in total. The van der Waals surface area contributed by atoms with Gasteiger partial charge in [0.05, 0.1) is 19.3 Å². The van der Waals surface area contributed by atoms with E-state index in [0.717, 1.165) is 0 Å². The molecule has 0 aliphatic carbocycles. The van der Waals surface area contributed by atoms with Gasteiger partial charge in [0.25, 0.3) is 0 Å². The van der Waals surface area contributed by atoms with Gasteiger partial charge in [-0.3, -0.25) is 0 Å². The standard InChI is InChI=1S/C8H13NO2/c1-2-11-8(7-9)3-5-10-6-4-8/h2-6H2,1H3. The Morgan fingerprint density at radius 3 is 2.64 bits per heavy atom. The lowest BCUT2D eigenvalue weighted by Crippen LogP contribution is -2.37. The molecule has 1 aliphatic heterocycles. The molecule has 0 unspecified atom stereocenters. The zero-order valence-electron chi connectivity index (χ0n) is 6.80. The van der Waals surface area contributed by atoms with Crippen LogP contribution in [-0.4, -0.2) is 25.4 Å². The van der Waals surface area contributed by atoms with Crippen LogP contribution in [0.4, 0.5) is 0 Å². The van der Waals surface area contributed by atoms with Crippen molar-refractivity contribution in [3.8, 4) is 6.07 Å². The number of ether oxygens (including phenoxy) is 2. The number of rotatable bonds is 2. The molecule has 0 aromatic rings. The number of hydrogen-bond donors (Lipinski definition) is 0. The van der Waals surface area contributed by atoms with Crippen molar-refractivity contribution in [3.63, 3.8) is 0 Å². The van der Waals surface area contributed by atoms with Gasteiger partial charge in [-0.25, -0.2) is 0 Å². The number of nitriles is 1. The molecule has 1 aliphatic rings. The molecule has 0 aromatic heterocycles. The van der Waals surface area contributed by atoms with E-state index >= 15 is 0 Å². The summed E-state index contributed by atoms with van der Waals surface area (Å²) >= 11 is 0. The third-order valence-corrected chi connectivity index (χ3v) is 1.92. The first kappa shape index (κ1) is 8.51. The molecule has 1 heterocycles. The first-order chi connectivity index (χ1) is 5.33. The molecule has 3 heteroatoms. The predicted molar refractivity (Wildman–Crippen MR) is 40.0 cm³/mol. The van der Waals surface area contributed by atoms with Crippen LogP contribution in [0.1, 0.15) is 19.8 Å².